The fraction of sp³-hybridized carbons (Fsp3) is 0.261. The molecule has 1 amide bonds. The Kier molecular flexibility index (Phi) is 5.13. The van der Waals surface area contributed by atoms with Gasteiger partial charge >= 0.3 is 0 Å². The highest BCUT2D eigenvalue weighted by Crippen LogP contribution is 2.37. The van der Waals surface area contributed by atoms with Crippen LogP contribution in [-0.2, 0) is 6.42 Å². The van der Waals surface area contributed by atoms with E-state index in [-0.39, 0.29) is 11.3 Å². The molecule has 1 aliphatic carbocycles. The molecule has 1 aromatic heterocycles. The molecule has 0 radical (unpaired) electrons. The molecule has 0 unspecified atom stereocenters. The summed E-state index contributed by atoms with van der Waals surface area (Å²) in [5.41, 5.74) is 8.36. The van der Waals surface area contributed by atoms with Crippen LogP contribution in [0.5, 0.6) is 0 Å². The summed E-state index contributed by atoms with van der Waals surface area (Å²) in [6, 6.07) is 17.4. The minimum Gasteiger partial charge on any atom is -0.267 e. The molecule has 0 saturated carbocycles. The van der Waals surface area contributed by atoms with Gasteiger partial charge in [-0.1, -0.05) is 48.0 Å². The smallest absolute Gasteiger partial charge is 0.267 e. The maximum absolute atomic E-state index is 12.5. The number of rotatable bonds is 3. The Morgan fingerprint density at radius 1 is 1.10 bits per heavy atom. The van der Waals surface area contributed by atoms with Crippen molar-refractivity contribution in [1.29, 1.82) is 0 Å². The molecule has 0 fully saturated rings. The molecule has 29 heavy (non-hydrogen) atoms. The number of aryl methyl sites for hydroxylation is 1. The van der Waals surface area contributed by atoms with Crippen molar-refractivity contribution in [2.45, 2.75) is 33.6 Å². The number of carbonyl (C=O) groups excluding carboxylic acids is 1. The van der Waals surface area contributed by atoms with E-state index in [1.54, 1.807) is 12.1 Å². The number of carbonyl (C=O) groups is 1. The number of aromatic nitrogens is 2. The van der Waals surface area contributed by atoms with Crippen molar-refractivity contribution in [1.82, 2.24) is 15.2 Å². The fourth-order valence-electron chi connectivity index (χ4n) is 3.83. The van der Waals surface area contributed by atoms with Crippen LogP contribution in [0.2, 0.25) is 0 Å². The van der Waals surface area contributed by atoms with Gasteiger partial charge < -0.3 is 0 Å². The summed E-state index contributed by atoms with van der Waals surface area (Å²) >= 11 is 3.39. The van der Waals surface area contributed by atoms with Gasteiger partial charge in [-0.15, -0.1) is 0 Å². The first kappa shape index (κ1) is 19.6. The minimum absolute atomic E-state index is 0.0210. The molecule has 0 spiro atoms. The van der Waals surface area contributed by atoms with Gasteiger partial charge in [0, 0.05) is 15.6 Å². The number of hydrogen-bond acceptors (Lipinski definition) is 3. The number of nitrogens with one attached hydrogen (secondary N) is 1. The van der Waals surface area contributed by atoms with Crippen LogP contribution in [0, 0.1) is 12.3 Å². The van der Waals surface area contributed by atoms with Gasteiger partial charge in [0.2, 0.25) is 0 Å². The third kappa shape index (κ3) is 4.03. The molecule has 6 heteroatoms. The molecular formula is C23H23BrN4O. The lowest BCUT2D eigenvalue weighted by Crippen LogP contribution is -2.31. The van der Waals surface area contributed by atoms with Crippen molar-refractivity contribution in [2.75, 3.05) is 0 Å². The van der Waals surface area contributed by atoms with Gasteiger partial charge in [-0.2, -0.15) is 10.2 Å². The van der Waals surface area contributed by atoms with Crippen molar-refractivity contribution in [2.24, 2.45) is 10.5 Å². The molecule has 3 aromatic rings. The zero-order valence-corrected chi connectivity index (χ0v) is 18.3. The number of nitrogens with zero attached hydrogens (tertiary/aromatic N) is 3. The van der Waals surface area contributed by atoms with E-state index < -0.39 is 0 Å². The molecule has 0 atom stereocenters. The maximum Gasteiger partial charge on any atom is 0.271 e. The Bertz CT molecular complexity index is 1080. The van der Waals surface area contributed by atoms with Crippen molar-refractivity contribution < 1.29 is 4.79 Å². The monoisotopic (exact) mass is 450 g/mol. The molecule has 1 heterocycles. The molecule has 2 aromatic carbocycles. The van der Waals surface area contributed by atoms with Crippen molar-refractivity contribution in [3.8, 4) is 5.69 Å². The van der Waals surface area contributed by atoms with E-state index in [2.05, 4.69) is 52.4 Å². The first-order chi connectivity index (χ1) is 13.8. The molecule has 0 saturated heterocycles. The molecular weight excluding hydrogens is 428 g/mol. The summed E-state index contributed by atoms with van der Waals surface area (Å²) in [6.45, 7) is 6.45. The number of hydrogen-bond donors (Lipinski definition) is 1. The van der Waals surface area contributed by atoms with Gasteiger partial charge in [-0.3, -0.25) is 4.79 Å². The van der Waals surface area contributed by atoms with Gasteiger partial charge in [0.1, 0.15) is 0 Å². The van der Waals surface area contributed by atoms with Crippen molar-refractivity contribution in [3.63, 3.8) is 0 Å². The average molecular weight is 451 g/mol. The molecule has 148 valence electrons. The molecule has 4 rings (SSSR count). The van der Waals surface area contributed by atoms with E-state index in [0.29, 0.717) is 5.56 Å². The Morgan fingerprint density at radius 2 is 1.79 bits per heavy atom. The highest BCUT2D eigenvalue weighted by Gasteiger charge is 2.34. The molecule has 5 nitrogen and oxygen atoms in total. The number of para-hydroxylation sites is 1. The summed E-state index contributed by atoms with van der Waals surface area (Å²) < 4.78 is 2.94. The highest BCUT2D eigenvalue weighted by molar-refractivity contribution is 9.10. The predicted octanol–water partition coefficient (Wildman–Crippen LogP) is 5.05. The van der Waals surface area contributed by atoms with E-state index in [1.165, 1.54) is 0 Å². The standard InChI is InChI=1S/C23H23BrN4O/c1-15-21-19(25-26-22(29)16-9-11-17(24)12-10-16)13-23(2,3)14-20(21)28(27-15)18-7-5-4-6-8-18/h4-12H,13-14H2,1-3H3,(H,26,29)/b25-19+. The Hall–Kier alpha value is -2.73. The lowest BCUT2D eigenvalue weighted by molar-refractivity contribution is 0.0954. The topological polar surface area (TPSA) is 59.3 Å². The number of benzene rings is 2. The summed E-state index contributed by atoms with van der Waals surface area (Å²) in [7, 11) is 0. The average Bonchev–Trinajstić information content (AvgIpc) is 3.02. The molecule has 0 bridgehead atoms. The first-order valence-electron chi connectivity index (χ1n) is 9.61. The number of hydrazone groups is 1. The maximum atomic E-state index is 12.5. The van der Waals surface area contributed by atoms with Crippen LogP contribution in [0.15, 0.2) is 64.2 Å². The zero-order chi connectivity index (χ0) is 20.6. The Balaban J connectivity index is 1.71. The fourth-order valence-corrected chi connectivity index (χ4v) is 4.10. The summed E-state index contributed by atoms with van der Waals surface area (Å²) in [6.07, 6.45) is 1.68. The van der Waals surface area contributed by atoms with Gasteiger partial charge in [0.05, 0.1) is 22.8 Å². The van der Waals surface area contributed by atoms with Crippen LogP contribution in [0.4, 0.5) is 0 Å². The second-order valence-corrected chi connectivity index (χ2v) is 9.09. The minimum atomic E-state index is -0.219. The lowest BCUT2D eigenvalue weighted by Gasteiger charge is -2.31. The number of amides is 1. The normalized spacial score (nSPS) is 16.5. The first-order valence-corrected chi connectivity index (χ1v) is 10.4. The summed E-state index contributed by atoms with van der Waals surface area (Å²) in [4.78, 5) is 12.5. The largest absolute Gasteiger partial charge is 0.271 e. The number of halogens is 1. The zero-order valence-electron chi connectivity index (χ0n) is 16.7. The van der Waals surface area contributed by atoms with Crippen molar-refractivity contribution >= 4 is 27.5 Å². The van der Waals surface area contributed by atoms with Crippen LogP contribution in [0.3, 0.4) is 0 Å². The van der Waals surface area contributed by atoms with E-state index in [1.807, 2.05) is 41.9 Å². The van der Waals surface area contributed by atoms with Crippen LogP contribution in [0.25, 0.3) is 5.69 Å². The van der Waals surface area contributed by atoms with Gasteiger partial charge in [0.25, 0.3) is 5.91 Å². The van der Waals surface area contributed by atoms with Crippen LogP contribution < -0.4 is 5.43 Å². The van der Waals surface area contributed by atoms with E-state index in [4.69, 9.17) is 5.10 Å². The van der Waals surface area contributed by atoms with Crippen LogP contribution in [-0.4, -0.2) is 21.4 Å². The second-order valence-electron chi connectivity index (χ2n) is 8.18. The summed E-state index contributed by atoms with van der Waals surface area (Å²) in [5.74, 6) is -0.219. The predicted molar refractivity (Wildman–Crippen MR) is 119 cm³/mol. The van der Waals surface area contributed by atoms with Gasteiger partial charge in [0.15, 0.2) is 0 Å². The van der Waals surface area contributed by atoms with Crippen LogP contribution >= 0.6 is 15.9 Å². The lowest BCUT2D eigenvalue weighted by atomic mass is 9.75. The second kappa shape index (κ2) is 7.59. The van der Waals surface area contributed by atoms with Crippen LogP contribution in [0.1, 0.15) is 47.6 Å². The quantitative estimate of drug-likeness (QED) is 0.567. The van der Waals surface area contributed by atoms with E-state index in [9.17, 15) is 4.79 Å². The number of fused-ring (bicyclic) bond motifs is 1. The molecule has 1 N–H and O–H groups in total. The summed E-state index contributed by atoms with van der Waals surface area (Å²) in [5, 5.41) is 9.33. The van der Waals surface area contributed by atoms with Gasteiger partial charge in [-0.25, -0.2) is 10.1 Å². The van der Waals surface area contributed by atoms with E-state index in [0.717, 1.165) is 45.7 Å². The molecule has 1 aliphatic rings. The highest BCUT2D eigenvalue weighted by atomic mass is 79.9. The SMILES string of the molecule is Cc1nn(-c2ccccc2)c2c1/C(=N/NC(=O)c1ccc(Br)cc1)CC(C)(C)C2. The van der Waals surface area contributed by atoms with Crippen molar-refractivity contribution in [3.05, 3.63) is 81.6 Å². The Labute approximate surface area is 179 Å². The van der Waals surface area contributed by atoms with E-state index >= 15 is 0 Å². The van der Waals surface area contributed by atoms with Gasteiger partial charge in [-0.05, 0) is 61.6 Å². The Morgan fingerprint density at radius 3 is 2.48 bits per heavy atom. The third-order valence-electron chi connectivity index (χ3n) is 5.14. The molecule has 0 aliphatic heterocycles. The third-order valence-corrected chi connectivity index (χ3v) is 5.66.